The van der Waals surface area contributed by atoms with Gasteiger partial charge >= 0.3 is 0 Å². The summed E-state index contributed by atoms with van der Waals surface area (Å²) in [5.41, 5.74) is 6.08. The van der Waals surface area contributed by atoms with Crippen molar-refractivity contribution < 1.29 is 14.3 Å². The zero-order valence-electron chi connectivity index (χ0n) is 12.8. The highest BCUT2D eigenvalue weighted by Gasteiger charge is 2.09. The van der Waals surface area contributed by atoms with E-state index >= 15 is 0 Å². The quantitative estimate of drug-likeness (QED) is 0.527. The molecule has 0 fully saturated rings. The summed E-state index contributed by atoms with van der Waals surface area (Å²) in [5.74, 6) is 1.32. The molecule has 1 aromatic carbocycles. The number of rotatable bonds is 10. The number of carbonyl (C=O) groups excluding carboxylic acids is 2. The molecule has 0 aliphatic heterocycles. The molecule has 0 atom stereocenters. The van der Waals surface area contributed by atoms with Crippen molar-refractivity contribution >= 4 is 23.6 Å². The van der Waals surface area contributed by atoms with E-state index in [0.717, 1.165) is 11.3 Å². The number of amides is 2. The predicted molar refractivity (Wildman–Crippen MR) is 89.7 cm³/mol. The van der Waals surface area contributed by atoms with Gasteiger partial charge in [-0.2, -0.15) is 11.8 Å². The molecule has 22 heavy (non-hydrogen) atoms. The molecule has 1 rings (SSSR count). The minimum Gasteiger partial charge on any atom is -0.490 e. The van der Waals surface area contributed by atoms with Crippen LogP contribution < -0.4 is 10.5 Å². The maximum absolute atomic E-state index is 12.0. The number of hydrogen-bond donors (Lipinski definition) is 1. The lowest BCUT2D eigenvalue weighted by atomic mass is 10.2. The summed E-state index contributed by atoms with van der Waals surface area (Å²) in [6.45, 7) is 4.61. The first-order valence-electron chi connectivity index (χ1n) is 6.95. The van der Waals surface area contributed by atoms with Gasteiger partial charge in [0.15, 0.2) is 0 Å². The van der Waals surface area contributed by atoms with E-state index in [1.54, 1.807) is 18.0 Å². The summed E-state index contributed by atoms with van der Waals surface area (Å²) in [4.78, 5) is 24.2. The zero-order valence-corrected chi connectivity index (χ0v) is 13.6. The van der Waals surface area contributed by atoms with Crippen molar-refractivity contribution in [1.29, 1.82) is 0 Å². The van der Waals surface area contributed by atoms with E-state index in [-0.39, 0.29) is 17.6 Å². The summed E-state index contributed by atoms with van der Waals surface area (Å²) in [6.07, 6.45) is 2.09. The molecular formula is C16H22N2O3S. The van der Waals surface area contributed by atoms with Gasteiger partial charge < -0.3 is 15.4 Å². The van der Waals surface area contributed by atoms with Gasteiger partial charge in [-0.1, -0.05) is 24.8 Å². The second kappa shape index (κ2) is 9.89. The van der Waals surface area contributed by atoms with Crippen LogP contribution in [0.5, 0.6) is 5.75 Å². The van der Waals surface area contributed by atoms with Crippen molar-refractivity contribution in [3.63, 3.8) is 0 Å². The lowest BCUT2D eigenvalue weighted by Crippen LogP contribution is -2.26. The van der Waals surface area contributed by atoms with E-state index in [9.17, 15) is 9.59 Å². The van der Waals surface area contributed by atoms with E-state index in [1.165, 1.54) is 11.8 Å². The minimum absolute atomic E-state index is 0.0453. The maximum Gasteiger partial charge on any atom is 0.227 e. The average molecular weight is 322 g/mol. The van der Waals surface area contributed by atoms with E-state index < -0.39 is 0 Å². The fourth-order valence-corrected chi connectivity index (χ4v) is 2.40. The van der Waals surface area contributed by atoms with Gasteiger partial charge in [-0.3, -0.25) is 9.59 Å². The largest absolute Gasteiger partial charge is 0.490 e. The van der Waals surface area contributed by atoms with E-state index in [2.05, 4.69) is 6.58 Å². The van der Waals surface area contributed by atoms with Crippen LogP contribution in [0.1, 0.15) is 12.0 Å². The Morgan fingerprint density at radius 2 is 2.05 bits per heavy atom. The first-order chi connectivity index (χ1) is 10.5. The summed E-state index contributed by atoms with van der Waals surface area (Å²) < 4.78 is 5.41. The third-order valence-electron chi connectivity index (χ3n) is 2.84. The monoisotopic (exact) mass is 322 g/mol. The standard InChI is InChI=1S/C16H22N2O3S/c1-3-9-21-14-6-4-13(5-7-14)11-18(2)16(20)8-10-22-12-15(17)19/h3-7H,1,8-12H2,2H3,(H2,17,19). The fourth-order valence-electron chi connectivity index (χ4n) is 1.73. The highest BCUT2D eigenvalue weighted by molar-refractivity contribution is 7.99. The molecule has 0 spiro atoms. The summed E-state index contributed by atoms with van der Waals surface area (Å²) >= 11 is 1.38. The molecule has 0 radical (unpaired) electrons. The Labute approximate surface area is 135 Å². The van der Waals surface area contributed by atoms with Crippen molar-refractivity contribution in [2.45, 2.75) is 13.0 Å². The molecule has 0 aromatic heterocycles. The fraction of sp³-hybridized carbons (Fsp3) is 0.375. The van der Waals surface area contributed by atoms with Gasteiger partial charge in [0.25, 0.3) is 0 Å². The van der Waals surface area contributed by atoms with Gasteiger partial charge in [-0.15, -0.1) is 0 Å². The zero-order chi connectivity index (χ0) is 16.4. The number of hydrogen-bond acceptors (Lipinski definition) is 4. The third-order valence-corrected chi connectivity index (χ3v) is 3.82. The Kier molecular flexibility index (Phi) is 8.14. The molecular weight excluding hydrogens is 300 g/mol. The first kappa shape index (κ1) is 18.1. The van der Waals surface area contributed by atoms with Crippen LogP contribution in [0.15, 0.2) is 36.9 Å². The SMILES string of the molecule is C=CCOc1ccc(CN(C)C(=O)CCSCC(N)=O)cc1. The Balaban J connectivity index is 2.36. The molecule has 2 amide bonds. The second-order valence-corrected chi connectivity index (χ2v) is 5.87. The Hall–Kier alpha value is -1.95. The smallest absolute Gasteiger partial charge is 0.227 e. The first-order valence-corrected chi connectivity index (χ1v) is 8.11. The van der Waals surface area contributed by atoms with Crippen LogP contribution in [-0.2, 0) is 16.1 Å². The van der Waals surface area contributed by atoms with Crippen LogP contribution in [-0.4, -0.2) is 41.9 Å². The maximum atomic E-state index is 12.0. The van der Waals surface area contributed by atoms with Crippen molar-refractivity contribution in [3.05, 3.63) is 42.5 Å². The molecule has 6 heteroatoms. The van der Waals surface area contributed by atoms with E-state index in [4.69, 9.17) is 10.5 Å². The van der Waals surface area contributed by atoms with E-state index in [0.29, 0.717) is 25.3 Å². The number of carbonyl (C=O) groups is 2. The molecule has 5 nitrogen and oxygen atoms in total. The lowest BCUT2D eigenvalue weighted by molar-refractivity contribution is -0.130. The topological polar surface area (TPSA) is 72.6 Å². The van der Waals surface area contributed by atoms with Crippen LogP contribution in [0.4, 0.5) is 0 Å². The number of thioether (sulfide) groups is 1. The minimum atomic E-state index is -0.357. The van der Waals surface area contributed by atoms with E-state index in [1.807, 2.05) is 24.3 Å². The molecule has 2 N–H and O–H groups in total. The number of nitrogens with two attached hydrogens (primary N) is 1. The molecule has 0 saturated carbocycles. The van der Waals surface area contributed by atoms with Crippen molar-refractivity contribution in [2.75, 3.05) is 25.2 Å². The van der Waals surface area contributed by atoms with Crippen LogP contribution in [0.2, 0.25) is 0 Å². The van der Waals surface area contributed by atoms with Gasteiger partial charge in [0, 0.05) is 25.8 Å². The molecule has 0 saturated heterocycles. The Morgan fingerprint density at radius 3 is 2.64 bits per heavy atom. The van der Waals surface area contributed by atoms with Gasteiger partial charge in [0.2, 0.25) is 11.8 Å². The van der Waals surface area contributed by atoms with Crippen LogP contribution in [0, 0.1) is 0 Å². The van der Waals surface area contributed by atoms with Crippen molar-refractivity contribution in [1.82, 2.24) is 4.90 Å². The number of benzene rings is 1. The highest BCUT2D eigenvalue weighted by Crippen LogP contribution is 2.14. The normalized spacial score (nSPS) is 10.0. The van der Waals surface area contributed by atoms with Gasteiger partial charge in [0.05, 0.1) is 5.75 Å². The molecule has 1 aromatic rings. The molecule has 0 aliphatic rings. The van der Waals surface area contributed by atoms with Crippen molar-refractivity contribution in [3.8, 4) is 5.75 Å². The van der Waals surface area contributed by atoms with Gasteiger partial charge in [-0.25, -0.2) is 0 Å². The second-order valence-electron chi connectivity index (χ2n) is 4.76. The lowest BCUT2D eigenvalue weighted by Gasteiger charge is -2.17. The number of primary amides is 1. The highest BCUT2D eigenvalue weighted by atomic mass is 32.2. The Morgan fingerprint density at radius 1 is 1.36 bits per heavy atom. The van der Waals surface area contributed by atoms with Gasteiger partial charge in [0.1, 0.15) is 12.4 Å². The Bertz CT molecular complexity index is 503. The number of ether oxygens (including phenoxy) is 1. The summed E-state index contributed by atoms with van der Waals surface area (Å²) in [6, 6.07) is 7.62. The molecule has 120 valence electrons. The molecule has 0 bridgehead atoms. The average Bonchev–Trinajstić information content (AvgIpc) is 2.50. The van der Waals surface area contributed by atoms with Gasteiger partial charge in [-0.05, 0) is 17.7 Å². The summed E-state index contributed by atoms with van der Waals surface area (Å²) in [7, 11) is 1.77. The van der Waals surface area contributed by atoms with Crippen LogP contribution in [0.3, 0.4) is 0 Å². The molecule has 0 unspecified atom stereocenters. The van der Waals surface area contributed by atoms with Crippen molar-refractivity contribution in [2.24, 2.45) is 5.73 Å². The molecule has 0 aliphatic carbocycles. The van der Waals surface area contributed by atoms with Crippen LogP contribution >= 0.6 is 11.8 Å². The van der Waals surface area contributed by atoms with Crippen LogP contribution in [0.25, 0.3) is 0 Å². The molecule has 0 heterocycles. The number of nitrogens with zero attached hydrogens (tertiary/aromatic N) is 1. The predicted octanol–water partition coefficient (Wildman–Crippen LogP) is 1.82. The third kappa shape index (κ3) is 7.17. The summed E-state index contributed by atoms with van der Waals surface area (Å²) in [5, 5.41) is 0.